The number of nitrogens with one attached hydrogen (secondary N) is 1. The molecule has 2 aromatic rings. The number of anilines is 1. The third kappa shape index (κ3) is 4.84. The van der Waals surface area contributed by atoms with Crippen molar-refractivity contribution in [2.75, 3.05) is 18.2 Å². The fourth-order valence-corrected chi connectivity index (χ4v) is 2.91. The van der Waals surface area contributed by atoms with Crippen molar-refractivity contribution < 1.29 is 9.53 Å². The summed E-state index contributed by atoms with van der Waals surface area (Å²) in [5.74, 6) is 0.590. The molecule has 2 rings (SSSR count). The van der Waals surface area contributed by atoms with E-state index in [9.17, 15) is 4.79 Å². The molecule has 0 atom stereocenters. The normalized spacial score (nSPS) is 10.5. The van der Waals surface area contributed by atoms with E-state index in [4.69, 9.17) is 16.3 Å². The molecule has 23 heavy (non-hydrogen) atoms. The van der Waals surface area contributed by atoms with Crippen molar-refractivity contribution in [3.63, 3.8) is 0 Å². The second-order valence-electron chi connectivity index (χ2n) is 5.07. The number of aromatic nitrogens is 2. The Labute approximate surface area is 144 Å². The van der Waals surface area contributed by atoms with Gasteiger partial charge in [-0.25, -0.2) is 9.97 Å². The lowest BCUT2D eigenvalue weighted by molar-refractivity contribution is -0.113. The molecule has 1 heterocycles. The van der Waals surface area contributed by atoms with Crippen molar-refractivity contribution in [2.45, 2.75) is 25.9 Å². The molecule has 7 heteroatoms. The Balaban J connectivity index is 2.04. The molecule has 0 spiro atoms. The van der Waals surface area contributed by atoms with Gasteiger partial charge in [-0.05, 0) is 38.5 Å². The Morgan fingerprint density at radius 1 is 1.22 bits per heavy atom. The summed E-state index contributed by atoms with van der Waals surface area (Å²) in [7, 11) is 1.54. The molecule has 0 aliphatic heterocycles. The first-order valence-electron chi connectivity index (χ1n) is 6.98. The number of carbonyl (C=O) groups excluding carboxylic acids is 1. The average molecular weight is 352 g/mol. The minimum Gasteiger partial charge on any atom is -0.495 e. The van der Waals surface area contributed by atoms with Crippen molar-refractivity contribution in [1.29, 1.82) is 0 Å². The predicted octanol–water partition coefficient (Wildman–Crippen LogP) is 3.79. The molecule has 0 saturated carbocycles. The topological polar surface area (TPSA) is 64.1 Å². The summed E-state index contributed by atoms with van der Waals surface area (Å²) in [4.78, 5) is 20.7. The number of hydrogen-bond acceptors (Lipinski definition) is 5. The number of ether oxygens (including phenoxy) is 1. The molecular formula is C16H18ClN3O2S. The number of methoxy groups -OCH3 is 1. The van der Waals surface area contributed by atoms with Crippen LogP contribution in [0.4, 0.5) is 5.69 Å². The summed E-state index contributed by atoms with van der Waals surface area (Å²) < 4.78 is 5.25. The minimum atomic E-state index is -0.155. The van der Waals surface area contributed by atoms with Gasteiger partial charge in [0.25, 0.3) is 0 Å². The maximum absolute atomic E-state index is 12.1. The highest BCUT2D eigenvalue weighted by Gasteiger charge is 2.11. The average Bonchev–Trinajstić information content (AvgIpc) is 2.47. The number of hydrogen-bond donors (Lipinski definition) is 1. The van der Waals surface area contributed by atoms with E-state index in [1.54, 1.807) is 12.1 Å². The molecule has 0 radical (unpaired) electrons. The number of benzene rings is 1. The third-order valence-corrected chi connectivity index (χ3v) is 4.30. The molecule has 1 aromatic carbocycles. The number of amides is 1. The molecule has 1 aromatic heterocycles. The lowest BCUT2D eigenvalue weighted by Crippen LogP contribution is -2.15. The van der Waals surface area contributed by atoms with E-state index in [0.717, 1.165) is 17.0 Å². The van der Waals surface area contributed by atoms with Gasteiger partial charge in [0.15, 0.2) is 5.16 Å². The molecule has 1 N–H and O–H groups in total. The molecule has 0 aliphatic rings. The molecule has 0 unspecified atom stereocenters. The second kappa shape index (κ2) is 7.66. The highest BCUT2D eigenvalue weighted by molar-refractivity contribution is 7.99. The van der Waals surface area contributed by atoms with Gasteiger partial charge in [0.1, 0.15) is 5.75 Å². The molecular weight excluding hydrogens is 334 g/mol. The molecule has 0 saturated heterocycles. The van der Waals surface area contributed by atoms with Crippen LogP contribution < -0.4 is 10.1 Å². The fourth-order valence-electron chi connectivity index (χ4n) is 2.00. The van der Waals surface area contributed by atoms with Gasteiger partial charge < -0.3 is 10.1 Å². The van der Waals surface area contributed by atoms with Crippen molar-refractivity contribution in [3.05, 3.63) is 40.2 Å². The van der Waals surface area contributed by atoms with Crippen LogP contribution in [-0.4, -0.2) is 28.7 Å². The molecule has 5 nitrogen and oxygen atoms in total. The van der Waals surface area contributed by atoms with Crippen LogP contribution in [0.15, 0.2) is 23.4 Å². The van der Waals surface area contributed by atoms with Crippen molar-refractivity contribution in [1.82, 2.24) is 9.97 Å². The van der Waals surface area contributed by atoms with Crippen molar-refractivity contribution in [3.8, 4) is 5.75 Å². The van der Waals surface area contributed by atoms with Crippen LogP contribution >= 0.6 is 23.4 Å². The Morgan fingerprint density at radius 2 is 1.87 bits per heavy atom. The summed E-state index contributed by atoms with van der Waals surface area (Å²) in [6, 6.07) is 5.37. The van der Waals surface area contributed by atoms with Gasteiger partial charge in [0.2, 0.25) is 5.91 Å². The summed E-state index contributed by atoms with van der Waals surface area (Å²) >= 11 is 7.35. The van der Waals surface area contributed by atoms with E-state index in [0.29, 0.717) is 21.6 Å². The highest BCUT2D eigenvalue weighted by Crippen LogP contribution is 2.31. The van der Waals surface area contributed by atoms with Gasteiger partial charge in [-0.2, -0.15) is 0 Å². The Hall–Kier alpha value is -1.79. The first-order valence-corrected chi connectivity index (χ1v) is 8.34. The summed E-state index contributed by atoms with van der Waals surface area (Å²) in [6.45, 7) is 5.68. The maximum Gasteiger partial charge on any atom is 0.234 e. The fraction of sp³-hybridized carbons (Fsp3) is 0.312. The first-order chi connectivity index (χ1) is 10.9. The van der Waals surface area contributed by atoms with Crippen LogP contribution in [0.3, 0.4) is 0 Å². The lowest BCUT2D eigenvalue weighted by Gasteiger charge is -2.12. The number of carbonyl (C=O) groups is 1. The zero-order chi connectivity index (χ0) is 17.0. The highest BCUT2D eigenvalue weighted by atomic mass is 35.5. The lowest BCUT2D eigenvalue weighted by atomic mass is 10.2. The van der Waals surface area contributed by atoms with Gasteiger partial charge in [0, 0.05) is 22.5 Å². The number of aryl methyl sites for hydroxylation is 3. The van der Waals surface area contributed by atoms with E-state index in [1.165, 1.54) is 18.9 Å². The van der Waals surface area contributed by atoms with Crippen LogP contribution in [0.2, 0.25) is 5.02 Å². The van der Waals surface area contributed by atoms with Crippen LogP contribution in [0.1, 0.15) is 17.0 Å². The second-order valence-corrected chi connectivity index (χ2v) is 6.42. The minimum absolute atomic E-state index is 0.155. The first kappa shape index (κ1) is 17.6. The number of rotatable bonds is 5. The molecule has 0 bridgehead atoms. The monoisotopic (exact) mass is 351 g/mol. The smallest absolute Gasteiger partial charge is 0.234 e. The van der Waals surface area contributed by atoms with Crippen LogP contribution in [0.5, 0.6) is 5.75 Å². The summed E-state index contributed by atoms with van der Waals surface area (Å²) in [5, 5.41) is 4.02. The largest absolute Gasteiger partial charge is 0.495 e. The van der Waals surface area contributed by atoms with Gasteiger partial charge in [-0.1, -0.05) is 23.4 Å². The van der Waals surface area contributed by atoms with Crippen LogP contribution in [0.25, 0.3) is 0 Å². The number of nitrogens with zero attached hydrogens (tertiary/aromatic N) is 2. The van der Waals surface area contributed by atoms with Gasteiger partial charge in [-0.3, -0.25) is 4.79 Å². The van der Waals surface area contributed by atoms with E-state index in [2.05, 4.69) is 15.3 Å². The Kier molecular flexibility index (Phi) is 5.85. The van der Waals surface area contributed by atoms with Crippen molar-refractivity contribution >= 4 is 35.0 Å². The van der Waals surface area contributed by atoms with E-state index in [-0.39, 0.29) is 11.7 Å². The third-order valence-electron chi connectivity index (χ3n) is 3.05. The zero-order valence-corrected chi connectivity index (χ0v) is 15.0. The number of halogens is 1. The SMILES string of the molecule is COc1cc(Cl)c(C)cc1NC(=O)CSc1nc(C)cc(C)n1. The maximum atomic E-state index is 12.1. The van der Waals surface area contributed by atoms with E-state index < -0.39 is 0 Å². The van der Waals surface area contributed by atoms with Gasteiger partial charge >= 0.3 is 0 Å². The Morgan fingerprint density at radius 3 is 2.48 bits per heavy atom. The van der Waals surface area contributed by atoms with Crippen molar-refractivity contribution in [2.24, 2.45) is 0 Å². The van der Waals surface area contributed by atoms with E-state index >= 15 is 0 Å². The summed E-state index contributed by atoms with van der Waals surface area (Å²) in [6.07, 6.45) is 0. The molecule has 1 amide bonds. The van der Waals surface area contributed by atoms with E-state index in [1.807, 2.05) is 26.8 Å². The quantitative estimate of drug-likeness (QED) is 0.655. The number of thioether (sulfide) groups is 1. The Bertz CT molecular complexity index is 717. The molecule has 0 fully saturated rings. The molecule has 0 aliphatic carbocycles. The van der Waals surface area contributed by atoms with Crippen LogP contribution in [-0.2, 0) is 4.79 Å². The van der Waals surface area contributed by atoms with Gasteiger partial charge in [0.05, 0.1) is 18.6 Å². The summed E-state index contributed by atoms with van der Waals surface area (Å²) in [5.41, 5.74) is 3.24. The standard InChI is InChI=1S/C16H18ClN3O2S/c1-9-5-13(14(22-4)7-12(9)17)20-15(21)8-23-16-18-10(2)6-11(3)19-16/h5-7H,8H2,1-4H3,(H,20,21). The van der Waals surface area contributed by atoms with Crippen LogP contribution in [0, 0.1) is 20.8 Å². The molecule has 122 valence electrons. The van der Waals surface area contributed by atoms with Gasteiger partial charge in [-0.15, -0.1) is 0 Å². The zero-order valence-electron chi connectivity index (χ0n) is 13.4. The predicted molar refractivity (Wildman–Crippen MR) is 93.6 cm³/mol.